The quantitative estimate of drug-likeness (QED) is 0.810. The number of hydrogen-bond donors (Lipinski definition) is 1. The van der Waals surface area contributed by atoms with Gasteiger partial charge < -0.3 is 10.6 Å². The lowest BCUT2D eigenvalue weighted by Gasteiger charge is -2.18. The number of rotatable bonds is 7. The second kappa shape index (κ2) is 7.63. The fourth-order valence-electron chi connectivity index (χ4n) is 1.47. The van der Waals surface area contributed by atoms with Crippen LogP contribution in [0.3, 0.4) is 0 Å². The Morgan fingerprint density at radius 2 is 2.24 bits per heavy atom. The van der Waals surface area contributed by atoms with Crippen LogP contribution in [0.1, 0.15) is 18.2 Å². The van der Waals surface area contributed by atoms with Gasteiger partial charge in [-0.05, 0) is 38.4 Å². The van der Waals surface area contributed by atoms with E-state index >= 15 is 0 Å². The van der Waals surface area contributed by atoms with Crippen LogP contribution in [-0.4, -0.2) is 42.0 Å². The summed E-state index contributed by atoms with van der Waals surface area (Å²) in [6.45, 7) is 1.99. The molecule has 0 aliphatic heterocycles. The van der Waals surface area contributed by atoms with Gasteiger partial charge >= 0.3 is 0 Å². The van der Waals surface area contributed by atoms with E-state index in [-0.39, 0.29) is 11.9 Å². The maximum absolute atomic E-state index is 12.7. The molecule has 1 heterocycles. The van der Waals surface area contributed by atoms with E-state index in [2.05, 4.69) is 23.2 Å². The van der Waals surface area contributed by atoms with E-state index < -0.39 is 0 Å². The van der Waals surface area contributed by atoms with Crippen molar-refractivity contribution < 1.29 is 4.39 Å². The molecule has 1 unspecified atom stereocenters. The first-order chi connectivity index (χ1) is 8.13. The Bertz CT molecular complexity index is 318. The Kier molecular flexibility index (Phi) is 6.47. The Labute approximate surface area is 107 Å². The third-order valence-electron chi connectivity index (χ3n) is 2.63. The average Bonchev–Trinajstić information content (AvgIpc) is 2.34. The molecule has 1 aromatic heterocycles. The van der Waals surface area contributed by atoms with Crippen LogP contribution in [0.15, 0.2) is 18.3 Å². The van der Waals surface area contributed by atoms with Crippen LogP contribution in [0.5, 0.6) is 0 Å². The van der Waals surface area contributed by atoms with Gasteiger partial charge in [0.25, 0.3) is 0 Å². The molecule has 3 nitrogen and oxygen atoms in total. The van der Waals surface area contributed by atoms with Crippen molar-refractivity contribution in [3.63, 3.8) is 0 Å². The predicted octanol–water partition coefficient (Wildman–Crippen LogP) is 1.91. The molecule has 2 N–H and O–H groups in total. The van der Waals surface area contributed by atoms with Crippen LogP contribution in [0.4, 0.5) is 4.39 Å². The van der Waals surface area contributed by atoms with E-state index in [4.69, 9.17) is 5.73 Å². The second-order valence-corrected chi connectivity index (χ2v) is 5.08. The Hall–Kier alpha value is -0.650. The van der Waals surface area contributed by atoms with E-state index in [0.29, 0.717) is 0 Å². The molecule has 0 amide bonds. The lowest BCUT2D eigenvalue weighted by molar-refractivity contribution is 0.336. The van der Waals surface area contributed by atoms with Gasteiger partial charge in [0, 0.05) is 18.3 Å². The Morgan fingerprint density at radius 1 is 1.47 bits per heavy atom. The highest BCUT2D eigenvalue weighted by molar-refractivity contribution is 7.98. The van der Waals surface area contributed by atoms with E-state index in [1.807, 2.05) is 11.8 Å². The summed E-state index contributed by atoms with van der Waals surface area (Å²) in [6, 6.07) is 2.94. The molecule has 5 heteroatoms. The van der Waals surface area contributed by atoms with Crippen molar-refractivity contribution in [1.29, 1.82) is 0 Å². The van der Waals surface area contributed by atoms with E-state index in [1.165, 1.54) is 12.3 Å². The lowest BCUT2D eigenvalue weighted by Crippen LogP contribution is -2.26. The highest BCUT2D eigenvalue weighted by Gasteiger charge is 2.08. The smallest absolute Gasteiger partial charge is 0.141 e. The Morgan fingerprint density at radius 3 is 2.82 bits per heavy atom. The number of pyridine rings is 1. The van der Waals surface area contributed by atoms with Gasteiger partial charge in [0.15, 0.2) is 0 Å². The minimum absolute atomic E-state index is 0.118. The van der Waals surface area contributed by atoms with Crippen LogP contribution in [0.25, 0.3) is 0 Å². The van der Waals surface area contributed by atoms with Crippen molar-refractivity contribution in [2.75, 3.05) is 32.1 Å². The van der Waals surface area contributed by atoms with E-state index in [1.54, 1.807) is 6.07 Å². The van der Waals surface area contributed by atoms with Crippen LogP contribution in [0.2, 0.25) is 0 Å². The molecule has 0 spiro atoms. The van der Waals surface area contributed by atoms with Crippen LogP contribution < -0.4 is 5.73 Å². The summed E-state index contributed by atoms with van der Waals surface area (Å²) in [5.74, 6) is 0.804. The summed E-state index contributed by atoms with van der Waals surface area (Å²) >= 11 is 1.84. The molecule has 0 bridgehead atoms. The monoisotopic (exact) mass is 257 g/mol. The third kappa shape index (κ3) is 5.48. The summed E-state index contributed by atoms with van der Waals surface area (Å²) < 4.78 is 12.7. The van der Waals surface area contributed by atoms with Gasteiger partial charge in [0.05, 0.1) is 11.9 Å². The zero-order valence-electron chi connectivity index (χ0n) is 10.4. The average molecular weight is 257 g/mol. The summed E-state index contributed by atoms with van der Waals surface area (Å²) in [5, 5.41) is 0. The SMILES string of the molecule is CSCCN(C)CCC(N)c1ccc(F)cn1. The third-order valence-corrected chi connectivity index (χ3v) is 3.22. The van der Waals surface area contributed by atoms with Crippen LogP contribution in [0, 0.1) is 5.82 Å². The molecule has 1 rings (SSSR count). The minimum Gasteiger partial charge on any atom is -0.323 e. The summed E-state index contributed by atoms with van der Waals surface area (Å²) in [7, 11) is 2.08. The number of aromatic nitrogens is 1. The number of halogens is 1. The zero-order valence-corrected chi connectivity index (χ0v) is 11.2. The largest absolute Gasteiger partial charge is 0.323 e. The zero-order chi connectivity index (χ0) is 12.7. The van der Waals surface area contributed by atoms with Crippen molar-refractivity contribution in [1.82, 2.24) is 9.88 Å². The van der Waals surface area contributed by atoms with Gasteiger partial charge in [0.2, 0.25) is 0 Å². The predicted molar refractivity (Wildman–Crippen MR) is 71.6 cm³/mol. The topological polar surface area (TPSA) is 42.1 Å². The molecular weight excluding hydrogens is 237 g/mol. The van der Waals surface area contributed by atoms with Gasteiger partial charge in [0.1, 0.15) is 5.82 Å². The molecule has 0 aliphatic rings. The van der Waals surface area contributed by atoms with Crippen molar-refractivity contribution in [2.45, 2.75) is 12.5 Å². The summed E-state index contributed by atoms with van der Waals surface area (Å²) in [6.07, 6.45) is 4.15. The molecule has 0 radical (unpaired) electrons. The normalized spacial score (nSPS) is 13.0. The second-order valence-electron chi connectivity index (χ2n) is 4.09. The first kappa shape index (κ1) is 14.4. The molecule has 1 atom stereocenters. The fraction of sp³-hybridized carbons (Fsp3) is 0.583. The van der Waals surface area contributed by atoms with Crippen LogP contribution >= 0.6 is 11.8 Å². The fourth-order valence-corrected chi connectivity index (χ4v) is 1.97. The number of nitrogens with two attached hydrogens (primary N) is 1. The van der Waals surface area contributed by atoms with Crippen molar-refractivity contribution in [2.24, 2.45) is 5.73 Å². The minimum atomic E-state index is -0.321. The molecule has 96 valence electrons. The molecular formula is C12H20FN3S. The van der Waals surface area contributed by atoms with E-state index in [9.17, 15) is 4.39 Å². The van der Waals surface area contributed by atoms with Gasteiger partial charge in [-0.3, -0.25) is 4.98 Å². The van der Waals surface area contributed by atoms with Crippen molar-refractivity contribution >= 4 is 11.8 Å². The maximum atomic E-state index is 12.7. The standard InChI is InChI=1S/C12H20FN3S/c1-16(7-8-17-2)6-5-11(14)12-4-3-10(13)9-15-12/h3-4,9,11H,5-8,14H2,1-2H3. The molecule has 0 fully saturated rings. The summed E-state index contributed by atoms with van der Waals surface area (Å²) in [5.41, 5.74) is 6.76. The molecule has 0 saturated carbocycles. The molecule has 0 aliphatic carbocycles. The number of hydrogen-bond acceptors (Lipinski definition) is 4. The molecule has 0 aromatic carbocycles. The molecule has 17 heavy (non-hydrogen) atoms. The summed E-state index contributed by atoms with van der Waals surface area (Å²) in [4.78, 5) is 6.25. The molecule has 0 saturated heterocycles. The van der Waals surface area contributed by atoms with Gasteiger partial charge in [-0.2, -0.15) is 11.8 Å². The molecule has 1 aromatic rings. The number of thioether (sulfide) groups is 1. The van der Waals surface area contributed by atoms with Crippen LogP contribution in [-0.2, 0) is 0 Å². The van der Waals surface area contributed by atoms with Gasteiger partial charge in [-0.25, -0.2) is 4.39 Å². The van der Waals surface area contributed by atoms with Gasteiger partial charge in [-0.1, -0.05) is 0 Å². The first-order valence-electron chi connectivity index (χ1n) is 5.68. The highest BCUT2D eigenvalue weighted by Crippen LogP contribution is 2.11. The van der Waals surface area contributed by atoms with E-state index in [0.717, 1.165) is 31.0 Å². The highest BCUT2D eigenvalue weighted by atomic mass is 32.2. The maximum Gasteiger partial charge on any atom is 0.141 e. The van der Waals surface area contributed by atoms with Gasteiger partial charge in [-0.15, -0.1) is 0 Å². The van der Waals surface area contributed by atoms with Crippen molar-refractivity contribution in [3.8, 4) is 0 Å². The first-order valence-corrected chi connectivity index (χ1v) is 7.07. The lowest BCUT2D eigenvalue weighted by atomic mass is 10.1. The Balaban J connectivity index is 2.34. The number of nitrogens with zero attached hydrogens (tertiary/aromatic N) is 2. The van der Waals surface area contributed by atoms with Crippen molar-refractivity contribution in [3.05, 3.63) is 29.8 Å².